The van der Waals surface area contributed by atoms with Gasteiger partial charge in [0.2, 0.25) is 0 Å². The van der Waals surface area contributed by atoms with Crippen LogP contribution in [0.4, 0.5) is 14.5 Å². The van der Waals surface area contributed by atoms with E-state index < -0.39 is 0 Å². The van der Waals surface area contributed by atoms with Crippen molar-refractivity contribution >= 4 is 5.69 Å². The zero-order chi connectivity index (χ0) is 21.8. The fourth-order valence-corrected chi connectivity index (χ4v) is 4.17. The molecule has 8 heteroatoms. The Balaban J connectivity index is 1.51. The first-order valence-electron chi connectivity index (χ1n) is 10.8. The van der Waals surface area contributed by atoms with Crippen LogP contribution in [0.3, 0.4) is 0 Å². The lowest BCUT2D eigenvalue weighted by atomic mass is 10.0. The van der Waals surface area contributed by atoms with Crippen LogP contribution in [0.15, 0.2) is 48.5 Å². The maximum absolute atomic E-state index is 14.2. The predicted octanol–water partition coefficient (Wildman–Crippen LogP) is 3.91. The van der Waals surface area contributed by atoms with Crippen LogP contribution in [0.1, 0.15) is 37.7 Å². The smallest absolute Gasteiger partial charge is 0.168 e. The molecule has 31 heavy (non-hydrogen) atoms. The van der Waals surface area contributed by atoms with Crippen LogP contribution in [0.2, 0.25) is 0 Å². The van der Waals surface area contributed by atoms with Crippen molar-refractivity contribution in [3.63, 3.8) is 0 Å². The topological polar surface area (TPSA) is 50.1 Å². The van der Waals surface area contributed by atoms with Crippen molar-refractivity contribution in [1.82, 2.24) is 25.1 Å². The molecule has 1 aliphatic rings. The highest BCUT2D eigenvalue weighted by molar-refractivity contribution is 5.48. The van der Waals surface area contributed by atoms with Crippen molar-refractivity contribution in [2.45, 2.75) is 32.9 Å². The predicted molar refractivity (Wildman–Crippen MR) is 116 cm³/mol. The number of aromatic nitrogens is 4. The van der Waals surface area contributed by atoms with Gasteiger partial charge in [-0.3, -0.25) is 4.90 Å². The Morgan fingerprint density at radius 1 is 0.935 bits per heavy atom. The van der Waals surface area contributed by atoms with Crippen molar-refractivity contribution in [1.29, 1.82) is 0 Å². The maximum Gasteiger partial charge on any atom is 0.168 e. The molecule has 1 aliphatic heterocycles. The molecule has 0 N–H and O–H groups in total. The van der Waals surface area contributed by atoms with E-state index in [1.165, 1.54) is 18.2 Å². The number of benzene rings is 2. The molecule has 0 bridgehead atoms. The van der Waals surface area contributed by atoms with Gasteiger partial charge in [0.25, 0.3) is 0 Å². The molecule has 0 aliphatic carbocycles. The molecule has 3 aromatic rings. The van der Waals surface area contributed by atoms with E-state index in [9.17, 15) is 8.78 Å². The van der Waals surface area contributed by atoms with E-state index in [2.05, 4.69) is 39.2 Å². The number of hydrogen-bond donors (Lipinski definition) is 0. The van der Waals surface area contributed by atoms with Crippen LogP contribution in [-0.4, -0.2) is 51.3 Å². The summed E-state index contributed by atoms with van der Waals surface area (Å²) in [5, 5.41) is 12.5. The zero-order valence-electron chi connectivity index (χ0n) is 18.0. The molecule has 6 nitrogen and oxygen atoms in total. The lowest BCUT2D eigenvalue weighted by Crippen LogP contribution is -2.48. The number of para-hydroxylation sites is 1. The Labute approximate surface area is 181 Å². The summed E-state index contributed by atoms with van der Waals surface area (Å²) in [5.74, 6) is 0.840. The first-order valence-corrected chi connectivity index (χ1v) is 10.8. The van der Waals surface area contributed by atoms with E-state index in [1.54, 1.807) is 18.2 Å². The molecule has 1 saturated heterocycles. The molecule has 1 fully saturated rings. The van der Waals surface area contributed by atoms with E-state index >= 15 is 0 Å². The number of piperazine rings is 1. The van der Waals surface area contributed by atoms with Gasteiger partial charge in [-0.15, -0.1) is 5.10 Å². The van der Waals surface area contributed by atoms with Crippen LogP contribution in [0, 0.1) is 17.6 Å². The molecular formula is C23H28F2N6. The lowest BCUT2D eigenvalue weighted by molar-refractivity contribution is 0.153. The number of rotatable bonds is 7. The third kappa shape index (κ3) is 5.07. The van der Waals surface area contributed by atoms with Gasteiger partial charge in [-0.25, -0.2) is 13.5 Å². The molecule has 0 spiro atoms. The number of hydrogen-bond acceptors (Lipinski definition) is 5. The second-order valence-corrected chi connectivity index (χ2v) is 8.44. The van der Waals surface area contributed by atoms with Crippen molar-refractivity contribution in [3.8, 4) is 0 Å². The van der Waals surface area contributed by atoms with E-state index in [0.29, 0.717) is 18.2 Å². The summed E-state index contributed by atoms with van der Waals surface area (Å²) >= 11 is 0. The van der Waals surface area contributed by atoms with Gasteiger partial charge >= 0.3 is 0 Å². The minimum atomic E-state index is -0.258. The monoisotopic (exact) mass is 426 g/mol. The first-order chi connectivity index (χ1) is 15.0. The molecule has 0 saturated carbocycles. The maximum atomic E-state index is 14.2. The summed E-state index contributed by atoms with van der Waals surface area (Å²) in [6.45, 7) is 7.97. The number of nitrogens with zero attached hydrogens (tertiary/aromatic N) is 6. The van der Waals surface area contributed by atoms with Crippen molar-refractivity contribution < 1.29 is 8.78 Å². The molecule has 4 rings (SSSR count). The summed E-state index contributed by atoms with van der Waals surface area (Å²) in [6, 6.07) is 13.4. The van der Waals surface area contributed by atoms with Gasteiger partial charge in [0.15, 0.2) is 5.82 Å². The van der Waals surface area contributed by atoms with Gasteiger partial charge in [0.1, 0.15) is 11.6 Å². The molecule has 0 unspecified atom stereocenters. The Hall–Kier alpha value is -2.87. The summed E-state index contributed by atoms with van der Waals surface area (Å²) in [4.78, 5) is 4.49. The largest absolute Gasteiger partial charge is 0.367 e. The van der Waals surface area contributed by atoms with Crippen molar-refractivity contribution in [3.05, 3.63) is 71.6 Å². The number of tetrazole rings is 1. The van der Waals surface area contributed by atoms with E-state index in [-0.39, 0.29) is 17.7 Å². The van der Waals surface area contributed by atoms with Gasteiger partial charge in [-0.1, -0.05) is 38.1 Å². The molecule has 1 aromatic heterocycles. The van der Waals surface area contributed by atoms with Gasteiger partial charge < -0.3 is 4.90 Å². The highest BCUT2D eigenvalue weighted by atomic mass is 19.1. The standard InChI is InChI=1S/C23H28F2N6/c1-17(2)15-22(23-26-27-28-31(23)16-18-7-9-19(24)10-8-18)30-13-11-29(12-14-30)21-6-4-3-5-20(21)25/h3-10,17,22H,11-16H2,1-2H3/t22-/m1/s1. The molecule has 2 heterocycles. The van der Waals surface area contributed by atoms with Crippen LogP contribution < -0.4 is 4.90 Å². The summed E-state index contributed by atoms with van der Waals surface area (Å²) < 4.78 is 29.3. The Morgan fingerprint density at radius 2 is 1.65 bits per heavy atom. The van der Waals surface area contributed by atoms with E-state index in [1.807, 2.05) is 16.8 Å². The third-order valence-electron chi connectivity index (χ3n) is 5.75. The molecule has 2 aromatic carbocycles. The average molecular weight is 427 g/mol. The second kappa shape index (κ2) is 9.51. The summed E-state index contributed by atoms with van der Waals surface area (Å²) in [5.41, 5.74) is 1.60. The lowest BCUT2D eigenvalue weighted by Gasteiger charge is -2.40. The summed E-state index contributed by atoms with van der Waals surface area (Å²) in [7, 11) is 0. The number of anilines is 1. The minimum absolute atomic E-state index is 0.0678. The molecule has 0 radical (unpaired) electrons. The molecule has 164 valence electrons. The van der Waals surface area contributed by atoms with Gasteiger partial charge in [-0.05, 0) is 52.6 Å². The fraction of sp³-hybridized carbons (Fsp3) is 0.435. The van der Waals surface area contributed by atoms with Gasteiger partial charge in [0.05, 0.1) is 18.3 Å². The molecular weight excluding hydrogens is 398 g/mol. The normalized spacial score (nSPS) is 16.1. The highest BCUT2D eigenvalue weighted by Crippen LogP contribution is 2.29. The highest BCUT2D eigenvalue weighted by Gasteiger charge is 2.30. The van der Waals surface area contributed by atoms with Gasteiger partial charge in [0, 0.05) is 26.2 Å². The quantitative estimate of drug-likeness (QED) is 0.573. The van der Waals surface area contributed by atoms with Gasteiger partial charge in [-0.2, -0.15) is 0 Å². The third-order valence-corrected chi connectivity index (χ3v) is 5.75. The average Bonchev–Trinajstić information content (AvgIpc) is 3.22. The molecule has 0 amide bonds. The Kier molecular flexibility index (Phi) is 6.56. The van der Waals surface area contributed by atoms with Crippen molar-refractivity contribution in [2.75, 3.05) is 31.1 Å². The fourth-order valence-electron chi connectivity index (χ4n) is 4.17. The van der Waals surface area contributed by atoms with Crippen LogP contribution in [0.25, 0.3) is 0 Å². The second-order valence-electron chi connectivity index (χ2n) is 8.44. The first kappa shape index (κ1) is 21.4. The minimum Gasteiger partial charge on any atom is -0.367 e. The zero-order valence-corrected chi connectivity index (χ0v) is 18.0. The van der Waals surface area contributed by atoms with Crippen LogP contribution in [0.5, 0.6) is 0 Å². The SMILES string of the molecule is CC(C)C[C@H](c1nnnn1Cc1ccc(F)cc1)N1CCN(c2ccccc2F)CC1. The van der Waals surface area contributed by atoms with E-state index in [0.717, 1.165) is 44.0 Å². The molecule has 1 atom stereocenters. The Bertz CT molecular complexity index is 980. The van der Waals surface area contributed by atoms with Crippen LogP contribution in [-0.2, 0) is 6.54 Å². The van der Waals surface area contributed by atoms with Crippen molar-refractivity contribution in [2.24, 2.45) is 5.92 Å². The van der Waals surface area contributed by atoms with E-state index in [4.69, 9.17) is 0 Å². The summed E-state index contributed by atoms with van der Waals surface area (Å²) in [6.07, 6.45) is 0.920. The Morgan fingerprint density at radius 3 is 2.32 bits per heavy atom. The number of halogens is 2. The van der Waals surface area contributed by atoms with Crippen LogP contribution >= 0.6 is 0 Å².